The molecule has 0 aromatic heterocycles. The van der Waals surface area contributed by atoms with Gasteiger partial charge in [-0.1, -0.05) is 18.2 Å². The predicted octanol–water partition coefficient (Wildman–Crippen LogP) is 0.203. The number of aliphatic hydroxyl groups excluding tert-OH is 1. The van der Waals surface area contributed by atoms with Crippen molar-refractivity contribution in [2.75, 3.05) is 13.2 Å². The Bertz CT molecular complexity index is 1170. The Morgan fingerprint density at radius 2 is 1.63 bits per heavy atom. The van der Waals surface area contributed by atoms with Crippen LogP contribution in [0.15, 0.2) is 30.3 Å². The Hall–Kier alpha value is -1.67. The number of esters is 1. The lowest BCUT2D eigenvalue weighted by Gasteiger charge is -2.70. The Kier molecular flexibility index (Phi) is 5.13. The summed E-state index contributed by atoms with van der Waals surface area (Å²) in [6.45, 7) is 5.81. The van der Waals surface area contributed by atoms with E-state index in [4.69, 9.17) is 23.7 Å². The lowest BCUT2D eigenvalue weighted by atomic mass is 9.44. The molecule has 11 nitrogen and oxygen atoms in total. The molecular formula is C27H36O11. The maximum Gasteiger partial charge on any atom is 0.338 e. The summed E-state index contributed by atoms with van der Waals surface area (Å²) in [5.41, 5.74) is -10.3. The normalized spacial score (nSPS) is 56.1. The Labute approximate surface area is 220 Å². The second kappa shape index (κ2) is 7.34. The van der Waals surface area contributed by atoms with Crippen LogP contribution >= 0.6 is 0 Å². The van der Waals surface area contributed by atoms with Crippen LogP contribution in [0, 0.1) is 11.3 Å². The fourth-order valence-electron chi connectivity index (χ4n) is 7.70. The third-order valence-corrected chi connectivity index (χ3v) is 10.8. The van der Waals surface area contributed by atoms with Crippen LogP contribution < -0.4 is 0 Å². The summed E-state index contributed by atoms with van der Waals surface area (Å²) >= 11 is 0. The van der Waals surface area contributed by atoms with Crippen LogP contribution in [0.2, 0.25) is 0 Å². The van der Waals surface area contributed by atoms with Crippen molar-refractivity contribution in [1.82, 2.24) is 0 Å². The zero-order chi connectivity index (χ0) is 27.8. The number of hydrogen-bond acceptors (Lipinski definition) is 11. The van der Waals surface area contributed by atoms with Crippen LogP contribution in [-0.4, -0.2) is 96.7 Å². The minimum atomic E-state index is -2.22. The van der Waals surface area contributed by atoms with Gasteiger partial charge in [-0.25, -0.2) is 4.79 Å². The Morgan fingerprint density at radius 1 is 0.974 bits per heavy atom. The van der Waals surface area contributed by atoms with Crippen LogP contribution in [0.25, 0.3) is 0 Å². The highest BCUT2D eigenvalue weighted by atomic mass is 16.8. The number of carbonyl (C=O) groups is 1. The van der Waals surface area contributed by atoms with Gasteiger partial charge >= 0.3 is 5.97 Å². The molecule has 8 rings (SSSR count). The van der Waals surface area contributed by atoms with Gasteiger partial charge in [0.1, 0.15) is 34.6 Å². The number of hydrogen-bond donors (Lipinski definition) is 5. The molecule has 11 atom stereocenters. The van der Waals surface area contributed by atoms with E-state index in [1.165, 1.54) is 34.6 Å². The molecule has 4 aliphatic heterocycles. The van der Waals surface area contributed by atoms with Gasteiger partial charge in [-0.3, -0.25) is 0 Å². The maximum atomic E-state index is 12.9. The molecule has 7 fully saturated rings. The summed E-state index contributed by atoms with van der Waals surface area (Å²) in [6, 6.07) is 8.48. The van der Waals surface area contributed by atoms with E-state index in [0.29, 0.717) is 5.56 Å². The van der Waals surface area contributed by atoms with Crippen molar-refractivity contribution < 1.29 is 54.0 Å². The van der Waals surface area contributed by atoms with Crippen LogP contribution in [0.4, 0.5) is 0 Å². The largest absolute Gasteiger partial charge is 0.461 e. The molecule has 0 amide bonds. The van der Waals surface area contributed by atoms with Crippen LogP contribution in [0.3, 0.4) is 0 Å². The second-order valence-electron chi connectivity index (χ2n) is 12.5. The molecule has 0 radical (unpaired) electrons. The smallest absolute Gasteiger partial charge is 0.338 e. The number of rotatable bonds is 6. The quantitative estimate of drug-likeness (QED) is 0.316. The van der Waals surface area contributed by atoms with Crippen molar-refractivity contribution in [3.05, 3.63) is 35.9 Å². The molecule has 210 valence electrons. The topological polar surface area (TPSA) is 164 Å². The summed E-state index contributed by atoms with van der Waals surface area (Å²) in [4.78, 5) is 12.9. The molecule has 4 heterocycles. The highest BCUT2D eigenvalue weighted by Crippen LogP contribution is 2.79. The van der Waals surface area contributed by atoms with Gasteiger partial charge < -0.3 is 49.2 Å². The van der Waals surface area contributed by atoms with Crippen molar-refractivity contribution in [1.29, 1.82) is 0 Å². The van der Waals surface area contributed by atoms with Gasteiger partial charge in [-0.2, -0.15) is 0 Å². The minimum absolute atomic E-state index is 0.0894. The van der Waals surface area contributed by atoms with Gasteiger partial charge in [0.15, 0.2) is 17.9 Å². The monoisotopic (exact) mass is 536 g/mol. The van der Waals surface area contributed by atoms with E-state index in [0.717, 1.165) is 0 Å². The van der Waals surface area contributed by atoms with Crippen LogP contribution in [-0.2, 0) is 23.7 Å². The molecule has 6 bridgehead atoms. The molecule has 3 aliphatic carbocycles. The van der Waals surface area contributed by atoms with Gasteiger partial charge in [-0.15, -0.1) is 0 Å². The molecule has 4 unspecified atom stereocenters. The van der Waals surface area contributed by atoms with Crippen LogP contribution in [0.1, 0.15) is 57.8 Å². The second-order valence-corrected chi connectivity index (χ2v) is 12.5. The fraction of sp³-hybridized carbons (Fsp3) is 0.741. The van der Waals surface area contributed by atoms with Gasteiger partial charge in [-0.05, 0) is 53.2 Å². The summed E-state index contributed by atoms with van der Waals surface area (Å²) < 4.78 is 30.7. The third-order valence-electron chi connectivity index (χ3n) is 10.8. The first-order valence-electron chi connectivity index (χ1n) is 12.9. The van der Waals surface area contributed by atoms with Gasteiger partial charge in [0.2, 0.25) is 0 Å². The summed E-state index contributed by atoms with van der Waals surface area (Å²) in [5.74, 6) is -4.53. The molecular weight excluding hydrogens is 500 g/mol. The van der Waals surface area contributed by atoms with E-state index in [1.54, 1.807) is 30.3 Å². The lowest BCUT2D eigenvalue weighted by molar-refractivity contribution is -0.493. The zero-order valence-corrected chi connectivity index (χ0v) is 22.1. The van der Waals surface area contributed by atoms with Gasteiger partial charge in [0, 0.05) is 12.3 Å². The number of ether oxygens (including phenoxy) is 5. The number of benzene rings is 1. The molecule has 7 aliphatic rings. The molecule has 1 aromatic rings. The van der Waals surface area contributed by atoms with E-state index in [1.807, 2.05) is 0 Å². The first-order chi connectivity index (χ1) is 17.5. The van der Waals surface area contributed by atoms with Crippen molar-refractivity contribution in [3.63, 3.8) is 0 Å². The predicted molar refractivity (Wildman–Crippen MR) is 127 cm³/mol. The lowest BCUT2D eigenvalue weighted by Crippen LogP contribution is -2.87. The maximum absolute atomic E-state index is 12.9. The number of carbonyl (C=O) groups excluding carboxylic acids is 1. The Balaban J connectivity index is 1.38. The van der Waals surface area contributed by atoms with Gasteiger partial charge in [0.25, 0.3) is 0 Å². The highest BCUT2D eigenvalue weighted by molar-refractivity contribution is 5.89. The first-order valence-corrected chi connectivity index (χ1v) is 12.9. The molecule has 5 N–H and O–H groups in total. The molecule has 38 heavy (non-hydrogen) atoms. The third kappa shape index (κ3) is 2.68. The summed E-state index contributed by atoms with van der Waals surface area (Å²) in [7, 11) is 0. The Morgan fingerprint density at radius 3 is 2.26 bits per heavy atom. The van der Waals surface area contributed by atoms with Crippen LogP contribution in [0.5, 0.6) is 0 Å². The molecule has 3 saturated carbocycles. The van der Waals surface area contributed by atoms with Crippen molar-refractivity contribution in [2.45, 2.75) is 99.4 Å². The zero-order valence-electron chi connectivity index (χ0n) is 22.1. The minimum Gasteiger partial charge on any atom is -0.461 e. The van der Waals surface area contributed by atoms with E-state index in [2.05, 4.69) is 0 Å². The van der Waals surface area contributed by atoms with Crippen molar-refractivity contribution >= 4 is 5.97 Å². The first kappa shape index (κ1) is 26.5. The molecule has 4 saturated heterocycles. The molecule has 0 spiro atoms. The number of aliphatic hydroxyl groups is 5. The van der Waals surface area contributed by atoms with Gasteiger partial charge in [0.05, 0.1) is 23.7 Å². The highest BCUT2D eigenvalue weighted by Gasteiger charge is 2.92. The summed E-state index contributed by atoms with van der Waals surface area (Å²) in [5, 5.41) is 56.1. The van der Waals surface area contributed by atoms with E-state index in [-0.39, 0.29) is 19.4 Å². The van der Waals surface area contributed by atoms with E-state index < -0.39 is 75.9 Å². The standard InChI is InChI=1S/C27H36O11/c1-20(13-28)21(2,30)22(3,31)23(4,32)24(5,37-20)38-26-11-16-25(26,19-35-17(26)12-27(16,33)36-19)14-34-18(29)15-9-7-6-8-10-15/h6-10,16-17,19,28,30-33H,11-14H2,1-5H3/t16-,17+,19?,20?,21-,22-,23?,24+,25?,26+,27-/m1/s1. The average molecular weight is 537 g/mol. The summed E-state index contributed by atoms with van der Waals surface area (Å²) in [6.07, 6.45) is -1.31. The molecule has 11 heteroatoms. The SMILES string of the molecule is CC1(O)[C@](C)(O[C@]23C[C@@H]4C2(COC(=O)c2ccccc2)C2O[C@H]3C[C@@]4(O)O2)OC(C)(CO)[C@@](C)(O)[C@@]1(C)O. The molecule has 1 aromatic carbocycles. The van der Waals surface area contributed by atoms with Crippen molar-refractivity contribution in [3.8, 4) is 0 Å². The van der Waals surface area contributed by atoms with E-state index in [9.17, 15) is 30.3 Å². The van der Waals surface area contributed by atoms with E-state index >= 15 is 0 Å². The van der Waals surface area contributed by atoms with Crippen molar-refractivity contribution in [2.24, 2.45) is 11.3 Å². The average Bonchev–Trinajstić information content (AvgIpc) is 3.06. The fourth-order valence-corrected chi connectivity index (χ4v) is 7.70.